The second-order valence-electron chi connectivity index (χ2n) is 3.80. The number of rotatable bonds is 8. The second-order valence-corrected chi connectivity index (χ2v) is 4.90. The monoisotopic (exact) mass is 268 g/mol. The van der Waals surface area contributed by atoms with E-state index >= 15 is 0 Å². The molecule has 0 aliphatic heterocycles. The van der Waals surface area contributed by atoms with Crippen LogP contribution in [-0.2, 0) is 4.79 Å². The van der Waals surface area contributed by atoms with Gasteiger partial charge in [0.1, 0.15) is 5.75 Å². The maximum atomic E-state index is 11.7. The molecule has 0 saturated carbocycles. The lowest BCUT2D eigenvalue weighted by molar-refractivity contribution is -0.113. The summed E-state index contributed by atoms with van der Waals surface area (Å²) >= 11 is 1.63. The zero-order valence-corrected chi connectivity index (χ0v) is 11.5. The molecule has 0 unspecified atom stereocenters. The summed E-state index contributed by atoms with van der Waals surface area (Å²) in [5.74, 6) is 2.11. The number of anilines is 1. The van der Waals surface area contributed by atoms with Crippen molar-refractivity contribution in [3.63, 3.8) is 0 Å². The summed E-state index contributed by atoms with van der Waals surface area (Å²) in [6.45, 7) is 0.716. The first-order valence-corrected chi connectivity index (χ1v) is 7.14. The number of amides is 1. The van der Waals surface area contributed by atoms with E-state index in [-0.39, 0.29) is 5.91 Å². The van der Waals surface area contributed by atoms with Gasteiger partial charge in [0.25, 0.3) is 0 Å². The first kappa shape index (κ1) is 14.9. The van der Waals surface area contributed by atoms with Crippen LogP contribution in [0.1, 0.15) is 12.8 Å². The molecule has 100 valence electrons. The maximum Gasteiger partial charge on any atom is 0.234 e. The van der Waals surface area contributed by atoms with Gasteiger partial charge in [-0.15, -0.1) is 0 Å². The average Bonchev–Trinajstić information content (AvgIpc) is 2.39. The van der Waals surface area contributed by atoms with Gasteiger partial charge in [0.05, 0.1) is 18.6 Å². The number of carbonyl (C=O) groups excluding carboxylic acids is 1. The van der Waals surface area contributed by atoms with Gasteiger partial charge in [-0.25, -0.2) is 0 Å². The van der Waals surface area contributed by atoms with Crippen molar-refractivity contribution in [2.24, 2.45) is 5.73 Å². The first-order chi connectivity index (χ1) is 8.77. The molecule has 18 heavy (non-hydrogen) atoms. The van der Waals surface area contributed by atoms with Gasteiger partial charge in [-0.05, 0) is 37.3 Å². The fourth-order valence-electron chi connectivity index (χ4n) is 1.45. The summed E-state index contributed by atoms with van der Waals surface area (Å²) in [6.07, 6.45) is 2.07. The average molecular weight is 268 g/mol. The Morgan fingerprint density at radius 3 is 2.89 bits per heavy atom. The van der Waals surface area contributed by atoms with E-state index < -0.39 is 0 Å². The van der Waals surface area contributed by atoms with Crippen molar-refractivity contribution in [1.82, 2.24) is 0 Å². The van der Waals surface area contributed by atoms with E-state index in [0.717, 1.165) is 18.6 Å². The van der Waals surface area contributed by atoms with Crippen molar-refractivity contribution in [2.75, 3.05) is 30.5 Å². The highest BCUT2D eigenvalue weighted by Crippen LogP contribution is 2.23. The fourth-order valence-corrected chi connectivity index (χ4v) is 2.26. The number of hydrogen-bond acceptors (Lipinski definition) is 4. The van der Waals surface area contributed by atoms with Crippen LogP contribution in [0.3, 0.4) is 0 Å². The third kappa shape index (κ3) is 5.42. The minimum atomic E-state index is -0.00255. The first-order valence-electron chi connectivity index (χ1n) is 5.98. The normalized spacial score (nSPS) is 10.1. The van der Waals surface area contributed by atoms with Crippen LogP contribution in [0.25, 0.3) is 0 Å². The molecule has 0 fully saturated rings. The molecule has 0 bridgehead atoms. The van der Waals surface area contributed by atoms with Gasteiger partial charge in [-0.2, -0.15) is 11.8 Å². The molecule has 0 aromatic heterocycles. The Labute approximate surface area is 112 Å². The maximum absolute atomic E-state index is 11.7. The molecule has 0 heterocycles. The number of thioether (sulfide) groups is 1. The van der Waals surface area contributed by atoms with Crippen molar-refractivity contribution in [2.45, 2.75) is 12.8 Å². The van der Waals surface area contributed by atoms with Crippen LogP contribution >= 0.6 is 11.8 Å². The number of ether oxygens (including phenoxy) is 1. The molecule has 0 spiro atoms. The topological polar surface area (TPSA) is 64.3 Å². The SMILES string of the molecule is COc1ccccc1NC(=O)CSCCCCN. The van der Waals surface area contributed by atoms with Crippen LogP contribution in [0.4, 0.5) is 5.69 Å². The van der Waals surface area contributed by atoms with Crippen molar-refractivity contribution >= 4 is 23.4 Å². The summed E-state index contributed by atoms with van der Waals surface area (Å²) in [6, 6.07) is 7.39. The van der Waals surface area contributed by atoms with E-state index in [1.165, 1.54) is 0 Å². The van der Waals surface area contributed by atoms with Crippen molar-refractivity contribution in [3.05, 3.63) is 24.3 Å². The van der Waals surface area contributed by atoms with E-state index in [0.29, 0.717) is 23.7 Å². The van der Waals surface area contributed by atoms with E-state index in [9.17, 15) is 4.79 Å². The smallest absolute Gasteiger partial charge is 0.234 e. The van der Waals surface area contributed by atoms with Crippen LogP contribution in [0.2, 0.25) is 0 Å². The van der Waals surface area contributed by atoms with Gasteiger partial charge in [-0.3, -0.25) is 4.79 Å². The van der Waals surface area contributed by atoms with Crippen molar-refractivity contribution in [1.29, 1.82) is 0 Å². The Morgan fingerprint density at radius 1 is 1.39 bits per heavy atom. The van der Waals surface area contributed by atoms with Crippen LogP contribution < -0.4 is 15.8 Å². The number of nitrogens with one attached hydrogen (secondary N) is 1. The van der Waals surface area contributed by atoms with E-state index in [4.69, 9.17) is 10.5 Å². The highest BCUT2D eigenvalue weighted by molar-refractivity contribution is 7.99. The Morgan fingerprint density at radius 2 is 2.17 bits per heavy atom. The number of unbranched alkanes of at least 4 members (excludes halogenated alkanes) is 1. The molecule has 3 N–H and O–H groups in total. The Bertz CT molecular complexity index is 372. The number of benzene rings is 1. The zero-order chi connectivity index (χ0) is 13.2. The van der Waals surface area contributed by atoms with Gasteiger partial charge in [0, 0.05) is 0 Å². The lowest BCUT2D eigenvalue weighted by atomic mass is 10.3. The molecule has 1 aromatic carbocycles. The fraction of sp³-hybridized carbons (Fsp3) is 0.462. The minimum absolute atomic E-state index is 0.00255. The highest BCUT2D eigenvalue weighted by atomic mass is 32.2. The lowest BCUT2D eigenvalue weighted by Crippen LogP contribution is -2.15. The lowest BCUT2D eigenvalue weighted by Gasteiger charge is -2.09. The molecule has 0 radical (unpaired) electrons. The van der Waals surface area contributed by atoms with E-state index in [2.05, 4.69) is 5.32 Å². The summed E-state index contributed by atoms with van der Waals surface area (Å²) in [7, 11) is 1.59. The van der Waals surface area contributed by atoms with Gasteiger partial charge in [-0.1, -0.05) is 12.1 Å². The third-order valence-electron chi connectivity index (χ3n) is 2.36. The molecule has 0 aliphatic rings. The van der Waals surface area contributed by atoms with Gasteiger partial charge < -0.3 is 15.8 Å². The molecule has 1 amide bonds. The van der Waals surface area contributed by atoms with Crippen molar-refractivity contribution in [3.8, 4) is 5.75 Å². The molecule has 5 heteroatoms. The highest BCUT2D eigenvalue weighted by Gasteiger charge is 2.06. The molecule has 0 saturated heterocycles. The summed E-state index contributed by atoms with van der Waals surface area (Å²) in [5.41, 5.74) is 6.12. The zero-order valence-electron chi connectivity index (χ0n) is 10.6. The predicted molar refractivity (Wildman–Crippen MR) is 77.2 cm³/mol. The molecule has 0 aliphatic carbocycles. The summed E-state index contributed by atoms with van der Waals surface area (Å²) in [4.78, 5) is 11.7. The number of para-hydroxylation sites is 2. The molecule has 1 aromatic rings. The number of nitrogens with two attached hydrogens (primary N) is 1. The quantitative estimate of drug-likeness (QED) is 0.709. The Hall–Kier alpha value is -1.20. The number of carbonyl (C=O) groups is 1. The van der Waals surface area contributed by atoms with Gasteiger partial charge in [0.15, 0.2) is 0 Å². The second kappa shape index (κ2) is 8.83. The number of hydrogen-bond donors (Lipinski definition) is 2. The summed E-state index contributed by atoms with van der Waals surface area (Å²) in [5, 5.41) is 2.84. The molecular weight excluding hydrogens is 248 g/mol. The summed E-state index contributed by atoms with van der Waals surface area (Å²) < 4.78 is 5.17. The van der Waals surface area contributed by atoms with Crippen LogP contribution in [0.15, 0.2) is 24.3 Å². The van der Waals surface area contributed by atoms with Crippen LogP contribution in [0, 0.1) is 0 Å². The minimum Gasteiger partial charge on any atom is -0.495 e. The van der Waals surface area contributed by atoms with Crippen LogP contribution in [-0.4, -0.2) is 31.1 Å². The Balaban J connectivity index is 2.31. The molecule has 0 atom stereocenters. The number of methoxy groups -OCH3 is 1. The van der Waals surface area contributed by atoms with Gasteiger partial charge in [0.2, 0.25) is 5.91 Å². The van der Waals surface area contributed by atoms with Crippen molar-refractivity contribution < 1.29 is 9.53 Å². The molecule has 4 nitrogen and oxygen atoms in total. The van der Waals surface area contributed by atoms with Crippen LogP contribution in [0.5, 0.6) is 5.75 Å². The molecule has 1 rings (SSSR count). The standard InChI is InChI=1S/C13H20N2O2S/c1-17-12-7-3-2-6-11(12)15-13(16)10-18-9-5-4-8-14/h2-3,6-7H,4-5,8-10,14H2,1H3,(H,15,16). The predicted octanol–water partition coefficient (Wildman–Crippen LogP) is 2.11. The van der Waals surface area contributed by atoms with E-state index in [1.54, 1.807) is 18.9 Å². The molecular formula is C13H20N2O2S. The Kier molecular flexibility index (Phi) is 7.29. The van der Waals surface area contributed by atoms with Gasteiger partial charge >= 0.3 is 0 Å². The largest absolute Gasteiger partial charge is 0.495 e. The van der Waals surface area contributed by atoms with E-state index in [1.807, 2.05) is 24.3 Å². The third-order valence-corrected chi connectivity index (χ3v) is 3.40.